The third-order valence-electron chi connectivity index (χ3n) is 9.85. The van der Waals surface area contributed by atoms with Crippen molar-refractivity contribution in [2.45, 2.75) is 108 Å². The molecule has 0 radical (unpaired) electrons. The number of amides is 3. The van der Waals surface area contributed by atoms with Gasteiger partial charge in [0.15, 0.2) is 0 Å². The maximum absolute atomic E-state index is 13.9. The number of anilines is 1. The highest BCUT2D eigenvalue weighted by Crippen LogP contribution is 2.43. The largest absolute Gasteiger partial charge is 0.344 e. The van der Waals surface area contributed by atoms with Crippen molar-refractivity contribution < 1.29 is 14.4 Å². The average Bonchev–Trinajstić information content (AvgIpc) is 3.50. The number of fused-ring (bicyclic) bond motifs is 1. The van der Waals surface area contributed by atoms with Gasteiger partial charge in [0.05, 0.1) is 5.41 Å². The lowest BCUT2D eigenvalue weighted by atomic mass is 9.84. The maximum Gasteiger partial charge on any atom is 0.245 e. The van der Waals surface area contributed by atoms with Crippen LogP contribution in [-0.4, -0.2) is 60.9 Å². The molecule has 2 N–H and O–H groups in total. The molecule has 3 fully saturated rings. The summed E-state index contributed by atoms with van der Waals surface area (Å²) in [6.45, 7) is 5.26. The van der Waals surface area contributed by atoms with Gasteiger partial charge >= 0.3 is 0 Å². The van der Waals surface area contributed by atoms with E-state index in [1.165, 1.54) is 19.3 Å². The molecule has 0 unspecified atom stereocenters. The van der Waals surface area contributed by atoms with E-state index in [4.69, 9.17) is 0 Å². The van der Waals surface area contributed by atoms with Crippen LogP contribution in [0.5, 0.6) is 0 Å². The normalized spacial score (nSPS) is 26.9. The first-order valence-corrected chi connectivity index (χ1v) is 15.0. The zero-order valence-corrected chi connectivity index (χ0v) is 23.5. The van der Waals surface area contributed by atoms with Crippen LogP contribution >= 0.6 is 0 Å². The van der Waals surface area contributed by atoms with E-state index in [1.54, 1.807) is 0 Å². The number of likely N-dealkylation sites (tertiary alicyclic amines) is 1. The Bertz CT molecular complexity index is 1030. The van der Waals surface area contributed by atoms with Crippen LogP contribution in [0.4, 0.5) is 5.69 Å². The molecule has 3 atom stereocenters. The lowest BCUT2D eigenvalue weighted by Gasteiger charge is -2.39. The molecule has 38 heavy (non-hydrogen) atoms. The second kappa shape index (κ2) is 11.4. The molecule has 1 aromatic carbocycles. The average molecular weight is 523 g/mol. The van der Waals surface area contributed by atoms with Crippen molar-refractivity contribution in [2.75, 3.05) is 25.0 Å². The fourth-order valence-electron chi connectivity index (χ4n) is 7.41. The molecule has 0 spiro atoms. The zero-order chi connectivity index (χ0) is 26.9. The monoisotopic (exact) mass is 522 g/mol. The lowest BCUT2D eigenvalue weighted by Crippen LogP contribution is -2.55. The molecule has 2 saturated carbocycles. The summed E-state index contributed by atoms with van der Waals surface area (Å²) in [6.07, 6.45) is 11.0. The molecule has 2 heterocycles. The van der Waals surface area contributed by atoms with Gasteiger partial charge in [-0.2, -0.15) is 0 Å². The highest BCUT2D eigenvalue weighted by molar-refractivity contribution is 6.08. The molecule has 5 rings (SSSR count). The molecule has 208 valence electrons. The van der Waals surface area contributed by atoms with Gasteiger partial charge in [-0.1, -0.05) is 50.3 Å². The smallest absolute Gasteiger partial charge is 0.245 e. The zero-order valence-electron chi connectivity index (χ0n) is 23.5. The topological polar surface area (TPSA) is 81.8 Å². The van der Waals surface area contributed by atoms with Crippen LogP contribution < -0.4 is 15.5 Å². The Hall–Kier alpha value is -2.41. The second-order valence-corrected chi connectivity index (χ2v) is 12.7. The summed E-state index contributed by atoms with van der Waals surface area (Å²) in [5, 5.41) is 6.52. The summed E-state index contributed by atoms with van der Waals surface area (Å²) >= 11 is 0. The SMILES string of the molecule is CN[C@@H]1CC[C@H](C(=O)N[C@@H](CC2CCCCC2)C(=O)N2CCC(N3C(=O)C(C)(C)c4ccccc43)CC2)C1. The van der Waals surface area contributed by atoms with E-state index < -0.39 is 11.5 Å². The number of hydrogen-bond acceptors (Lipinski definition) is 4. The van der Waals surface area contributed by atoms with Gasteiger partial charge in [-0.05, 0) is 77.0 Å². The first kappa shape index (κ1) is 27.2. The fourth-order valence-corrected chi connectivity index (χ4v) is 7.41. The number of piperidine rings is 1. The summed E-state index contributed by atoms with van der Waals surface area (Å²) < 4.78 is 0. The number of carbonyl (C=O) groups is 3. The molecule has 3 amide bonds. The molecule has 0 bridgehead atoms. The fraction of sp³-hybridized carbons (Fsp3) is 0.710. The van der Waals surface area contributed by atoms with Crippen molar-refractivity contribution in [1.29, 1.82) is 0 Å². The van der Waals surface area contributed by atoms with E-state index >= 15 is 0 Å². The summed E-state index contributed by atoms with van der Waals surface area (Å²) in [5.41, 5.74) is 1.59. The second-order valence-electron chi connectivity index (χ2n) is 12.7. The Morgan fingerprint density at radius 1 is 1.00 bits per heavy atom. The van der Waals surface area contributed by atoms with E-state index in [0.29, 0.717) is 25.0 Å². The van der Waals surface area contributed by atoms with Crippen LogP contribution in [0.3, 0.4) is 0 Å². The van der Waals surface area contributed by atoms with E-state index in [2.05, 4.69) is 22.8 Å². The van der Waals surface area contributed by atoms with Gasteiger partial charge < -0.3 is 20.4 Å². The predicted octanol–water partition coefficient (Wildman–Crippen LogP) is 4.15. The Morgan fingerprint density at radius 3 is 2.39 bits per heavy atom. The van der Waals surface area contributed by atoms with Crippen LogP contribution in [0, 0.1) is 11.8 Å². The van der Waals surface area contributed by atoms with Gasteiger partial charge in [0.1, 0.15) is 6.04 Å². The molecule has 7 heteroatoms. The van der Waals surface area contributed by atoms with Gasteiger partial charge in [0.25, 0.3) is 0 Å². The minimum absolute atomic E-state index is 0.00977. The third kappa shape index (κ3) is 5.36. The van der Waals surface area contributed by atoms with E-state index in [-0.39, 0.29) is 29.7 Å². The van der Waals surface area contributed by atoms with E-state index in [1.807, 2.05) is 42.8 Å². The number of nitrogens with one attached hydrogen (secondary N) is 2. The number of rotatable bonds is 7. The first-order chi connectivity index (χ1) is 18.3. The summed E-state index contributed by atoms with van der Waals surface area (Å²) in [4.78, 5) is 44.4. The summed E-state index contributed by atoms with van der Waals surface area (Å²) in [5.74, 6) is 0.768. The molecular weight excluding hydrogens is 476 g/mol. The number of hydrogen-bond donors (Lipinski definition) is 2. The minimum Gasteiger partial charge on any atom is -0.344 e. The standard InChI is InChI=1S/C31H46N4O3/c1-31(2)25-11-7-8-12-27(25)35(30(31)38)24-15-17-34(18-16-24)29(37)26(19-21-9-5-4-6-10-21)33-28(36)22-13-14-23(20-22)32-3/h7-8,11-12,21-24,26,32H,4-6,9-10,13-20H2,1-3H3,(H,33,36)/t22-,23+,26-/m0/s1. The summed E-state index contributed by atoms with van der Waals surface area (Å²) in [7, 11) is 1.96. The van der Waals surface area contributed by atoms with Crippen molar-refractivity contribution >= 4 is 23.4 Å². The van der Waals surface area contributed by atoms with Crippen molar-refractivity contribution in [3.05, 3.63) is 29.8 Å². The quantitative estimate of drug-likeness (QED) is 0.564. The third-order valence-corrected chi connectivity index (χ3v) is 9.85. The van der Waals surface area contributed by atoms with Gasteiger partial charge in [-0.3, -0.25) is 14.4 Å². The van der Waals surface area contributed by atoms with E-state index in [9.17, 15) is 14.4 Å². The maximum atomic E-state index is 13.9. The van der Waals surface area contributed by atoms with Gasteiger partial charge in [-0.15, -0.1) is 0 Å². The molecule has 4 aliphatic rings. The van der Waals surface area contributed by atoms with Crippen molar-refractivity contribution in [3.63, 3.8) is 0 Å². The minimum atomic E-state index is -0.522. The summed E-state index contributed by atoms with van der Waals surface area (Å²) in [6, 6.07) is 8.16. The molecule has 2 aliphatic carbocycles. The Balaban J connectivity index is 1.24. The first-order valence-electron chi connectivity index (χ1n) is 15.0. The van der Waals surface area contributed by atoms with Crippen LogP contribution in [0.25, 0.3) is 0 Å². The Labute approximate surface area is 228 Å². The number of carbonyl (C=O) groups excluding carboxylic acids is 3. The molecule has 2 aliphatic heterocycles. The van der Waals surface area contributed by atoms with Crippen LogP contribution in [0.2, 0.25) is 0 Å². The van der Waals surface area contributed by atoms with Crippen LogP contribution in [0.15, 0.2) is 24.3 Å². The Kier molecular flexibility index (Phi) is 8.13. The van der Waals surface area contributed by atoms with Gasteiger partial charge in [0.2, 0.25) is 17.7 Å². The Morgan fingerprint density at radius 2 is 1.71 bits per heavy atom. The van der Waals surface area contributed by atoms with Crippen molar-refractivity contribution in [2.24, 2.45) is 11.8 Å². The van der Waals surface area contributed by atoms with E-state index in [0.717, 1.165) is 62.6 Å². The van der Waals surface area contributed by atoms with Crippen LogP contribution in [-0.2, 0) is 19.8 Å². The molecule has 1 aromatic rings. The highest BCUT2D eigenvalue weighted by Gasteiger charge is 2.47. The molecule has 1 saturated heterocycles. The molecular formula is C31H46N4O3. The lowest BCUT2D eigenvalue weighted by molar-refractivity contribution is -0.139. The van der Waals surface area contributed by atoms with Gasteiger partial charge in [0, 0.05) is 36.8 Å². The van der Waals surface area contributed by atoms with Crippen LogP contribution in [0.1, 0.15) is 90.0 Å². The van der Waals surface area contributed by atoms with Gasteiger partial charge in [-0.25, -0.2) is 0 Å². The van der Waals surface area contributed by atoms with Crippen molar-refractivity contribution in [1.82, 2.24) is 15.5 Å². The number of benzene rings is 1. The molecule has 7 nitrogen and oxygen atoms in total. The number of nitrogens with zero attached hydrogens (tertiary/aromatic N) is 2. The van der Waals surface area contributed by atoms with Crippen molar-refractivity contribution in [3.8, 4) is 0 Å². The molecule has 0 aromatic heterocycles. The predicted molar refractivity (Wildman–Crippen MR) is 150 cm³/mol. The highest BCUT2D eigenvalue weighted by atomic mass is 16.2. The number of para-hydroxylation sites is 1.